The minimum absolute atomic E-state index is 0.0677. The first kappa shape index (κ1) is 15.0. The smallest absolute Gasteiger partial charge is 0.253 e. The second kappa shape index (κ2) is 7.43. The van der Waals surface area contributed by atoms with E-state index in [9.17, 15) is 4.79 Å². The van der Waals surface area contributed by atoms with E-state index in [1.807, 2.05) is 19.1 Å². The Morgan fingerprint density at radius 1 is 1.24 bits per heavy atom. The van der Waals surface area contributed by atoms with Gasteiger partial charge < -0.3 is 10.6 Å². The molecule has 21 heavy (non-hydrogen) atoms. The molecule has 0 aliphatic carbocycles. The van der Waals surface area contributed by atoms with Crippen LogP contribution >= 0.6 is 0 Å². The Bertz CT molecular complexity index is 610. The van der Waals surface area contributed by atoms with Gasteiger partial charge in [-0.3, -0.25) is 9.78 Å². The molecule has 4 heteroatoms. The van der Waals surface area contributed by atoms with Crippen LogP contribution in [0.3, 0.4) is 0 Å². The molecule has 0 unspecified atom stereocenters. The van der Waals surface area contributed by atoms with E-state index in [1.54, 1.807) is 18.5 Å². The van der Waals surface area contributed by atoms with Crippen LogP contribution in [0.2, 0.25) is 0 Å². The fraction of sp³-hybridized carbons (Fsp3) is 0.294. The van der Waals surface area contributed by atoms with E-state index in [0.29, 0.717) is 12.1 Å². The predicted octanol–water partition coefficient (Wildman–Crippen LogP) is 2.79. The molecule has 0 saturated heterocycles. The minimum Gasteiger partial charge on any atom is -0.383 e. The third kappa shape index (κ3) is 4.05. The molecule has 0 spiro atoms. The first-order valence-corrected chi connectivity index (χ1v) is 7.23. The lowest BCUT2D eigenvalue weighted by Gasteiger charge is -2.11. The number of aromatic nitrogens is 1. The van der Waals surface area contributed by atoms with Crippen LogP contribution in [-0.2, 0) is 6.42 Å². The van der Waals surface area contributed by atoms with E-state index in [0.717, 1.165) is 18.7 Å². The Kier molecular flexibility index (Phi) is 5.32. The molecule has 2 aromatic rings. The van der Waals surface area contributed by atoms with Crippen molar-refractivity contribution in [3.05, 3.63) is 59.4 Å². The summed E-state index contributed by atoms with van der Waals surface area (Å²) in [5.74, 6) is -0.0677. The van der Waals surface area contributed by atoms with Crippen molar-refractivity contribution < 1.29 is 4.79 Å². The summed E-state index contributed by atoms with van der Waals surface area (Å²) >= 11 is 0. The molecule has 2 rings (SSSR count). The first-order valence-electron chi connectivity index (χ1n) is 7.23. The second-order valence-electron chi connectivity index (χ2n) is 4.88. The van der Waals surface area contributed by atoms with Crippen LogP contribution in [0.15, 0.2) is 42.7 Å². The summed E-state index contributed by atoms with van der Waals surface area (Å²) in [5.41, 5.74) is 3.92. The zero-order valence-electron chi connectivity index (χ0n) is 12.5. The SMILES string of the molecule is CCNc1cnccc1C(=O)NCCc1ccccc1C. The quantitative estimate of drug-likeness (QED) is 0.857. The van der Waals surface area contributed by atoms with Crippen molar-refractivity contribution in [2.75, 3.05) is 18.4 Å². The number of nitrogens with one attached hydrogen (secondary N) is 2. The fourth-order valence-electron chi connectivity index (χ4n) is 2.22. The summed E-state index contributed by atoms with van der Waals surface area (Å²) in [5, 5.41) is 6.12. The van der Waals surface area contributed by atoms with Crippen LogP contribution in [0.1, 0.15) is 28.4 Å². The summed E-state index contributed by atoms with van der Waals surface area (Å²) in [4.78, 5) is 16.3. The van der Waals surface area contributed by atoms with Crippen LogP contribution in [0.5, 0.6) is 0 Å². The van der Waals surface area contributed by atoms with E-state index in [-0.39, 0.29) is 5.91 Å². The lowest BCUT2D eigenvalue weighted by molar-refractivity contribution is 0.0955. The summed E-state index contributed by atoms with van der Waals surface area (Å²) in [7, 11) is 0. The van der Waals surface area contributed by atoms with Gasteiger partial charge in [-0.25, -0.2) is 0 Å². The molecule has 0 saturated carbocycles. The standard InChI is InChI=1S/C17H21N3O/c1-3-19-16-12-18-10-9-15(16)17(21)20-11-8-14-7-5-4-6-13(14)2/h4-7,9-10,12,19H,3,8,11H2,1-2H3,(H,20,21). The van der Waals surface area contributed by atoms with Crippen molar-refractivity contribution >= 4 is 11.6 Å². The van der Waals surface area contributed by atoms with Crippen LogP contribution in [0.4, 0.5) is 5.69 Å². The number of carbonyl (C=O) groups excluding carboxylic acids is 1. The van der Waals surface area contributed by atoms with Gasteiger partial charge in [0.05, 0.1) is 17.4 Å². The van der Waals surface area contributed by atoms with E-state index in [2.05, 4.69) is 34.7 Å². The molecule has 0 fully saturated rings. The maximum absolute atomic E-state index is 12.2. The molecule has 0 radical (unpaired) electrons. The average molecular weight is 283 g/mol. The zero-order valence-corrected chi connectivity index (χ0v) is 12.5. The number of amides is 1. The van der Waals surface area contributed by atoms with Gasteiger partial charge in [0, 0.05) is 19.3 Å². The largest absolute Gasteiger partial charge is 0.383 e. The highest BCUT2D eigenvalue weighted by molar-refractivity contribution is 5.99. The number of hydrogen-bond donors (Lipinski definition) is 2. The van der Waals surface area contributed by atoms with Crippen molar-refractivity contribution in [1.82, 2.24) is 10.3 Å². The van der Waals surface area contributed by atoms with Crippen molar-refractivity contribution in [3.63, 3.8) is 0 Å². The molecule has 1 amide bonds. The van der Waals surface area contributed by atoms with Gasteiger partial charge in [0.1, 0.15) is 0 Å². The van der Waals surface area contributed by atoms with Gasteiger partial charge in [0.2, 0.25) is 0 Å². The van der Waals surface area contributed by atoms with Crippen LogP contribution in [0.25, 0.3) is 0 Å². The normalized spacial score (nSPS) is 10.2. The highest BCUT2D eigenvalue weighted by atomic mass is 16.1. The number of nitrogens with zero attached hydrogens (tertiary/aromatic N) is 1. The van der Waals surface area contributed by atoms with Gasteiger partial charge in [-0.15, -0.1) is 0 Å². The lowest BCUT2D eigenvalue weighted by Crippen LogP contribution is -2.26. The number of rotatable bonds is 6. The minimum atomic E-state index is -0.0677. The number of benzene rings is 1. The Balaban J connectivity index is 1.95. The molecular weight excluding hydrogens is 262 g/mol. The predicted molar refractivity (Wildman–Crippen MR) is 85.6 cm³/mol. The van der Waals surface area contributed by atoms with Crippen molar-refractivity contribution in [1.29, 1.82) is 0 Å². The van der Waals surface area contributed by atoms with Crippen LogP contribution < -0.4 is 10.6 Å². The number of aryl methyl sites for hydroxylation is 1. The maximum atomic E-state index is 12.2. The molecule has 0 aliphatic rings. The monoisotopic (exact) mass is 283 g/mol. The average Bonchev–Trinajstić information content (AvgIpc) is 2.50. The first-order chi connectivity index (χ1) is 10.2. The van der Waals surface area contributed by atoms with Gasteiger partial charge in [-0.1, -0.05) is 24.3 Å². The zero-order chi connectivity index (χ0) is 15.1. The van der Waals surface area contributed by atoms with Gasteiger partial charge in [0.15, 0.2) is 0 Å². The van der Waals surface area contributed by atoms with Crippen LogP contribution in [-0.4, -0.2) is 24.0 Å². The number of anilines is 1. The molecule has 0 bridgehead atoms. The molecule has 0 aliphatic heterocycles. The highest BCUT2D eigenvalue weighted by Gasteiger charge is 2.10. The van der Waals surface area contributed by atoms with E-state index in [1.165, 1.54) is 11.1 Å². The third-order valence-corrected chi connectivity index (χ3v) is 3.37. The molecule has 4 nitrogen and oxygen atoms in total. The number of hydrogen-bond acceptors (Lipinski definition) is 3. The van der Waals surface area contributed by atoms with E-state index in [4.69, 9.17) is 0 Å². The Labute approximate surface area is 125 Å². The summed E-state index contributed by atoms with van der Waals surface area (Å²) in [6.07, 6.45) is 4.15. The molecule has 110 valence electrons. The van der Waals surface area contributed by atoms with Crippen molar-refractivity contribution in [2.24, 2.45) is 0 Å². The van der Waals surface area contributed by atoms with Crippen molar-refractivity contribution in [2.45, 2.75) is 20.3 Å². The van der Waals surface area contributed by atoms with Gasteiger partial charge in [0.25, 0.3) is 5.91 Å². The fourth-order valence-corrected chi connectivity index (χ4v) is 2.22. The van der Waals surface area contributed by atoms with Crippen molar-refractivity contribution in [3.8, 4) is 0 Å². The molecule has 2 N–H and O–H groups in total. The molecule has 1 heterocycles. The molecule has 1 aromatic carbocycles. The molecule has 1 aromatic heterocycles. The lowest BCUT2D eigenvalue weighted by atomic mass is 10.1. The topological polar surface area (TPSA) is 54.0 Å². The molecule has 0 atom stereocenters. The molecular formula is C17H21N3O. The van der Waals surface area contributed by atoms with Gasteiger partial charge in [-0.05, 0) is 37.5 Å². The summed E-state index contributed by atoms with van der Waals surface area (Å²) in [6.45, 7) is 5.46. The van der Waals surface area contributed by atoms with E-state index < -0.39 is 0 Å². The highest BCUT2D eigenvalue weighted by Crippen LogP contribution is 2.13. The number of carbonyl (C=O) groups is 1. The second-order valence-corrected chi connectivity index (χ2v) is 4.88. The van der Waals surface area contributed by atoms with Gasteiger partial charge in [-0.2, -0.15) is 0 Å². The Hall–Kier alpha value is -2.36. The summed E-state index contributed by atoms with van der Waals surface area (Å²) < 4.78 is 0. The van der Waals surface area contributed by atoms with E-state index >= 15 is 0 Å². The maximum Gasteiger partial charge on any atom is 0.253 e. The Morgan fingerprint density at radius 3 is 2.81 bits per heavy atom. The van der Waals surface area contributed by atoms with Gasteiger partial charge >= 0.3 is 0 Å². The number of pyridine rings is 1. The third-order valence-electron chi connectivity index (χ3n) is 3.37. The summed E-state index contributed by atoms with van der Waals surface area (Å²) in [6, 6.07) is 9.97. The van der Waals surface area contributed by atoms with Crippen LogP contribution in [0, 0.1) is 6.92 Å². The Morgan fingerprint density at radius 2 is 2.05 bits per heavy atom.